The van der Waals surface area contributed by atoms with Crippen LogP contribution in [0.25, 0.3) is 0 Å². The lowest BCUT2D eigenvalue weighted by molar-refractivity contribution is 0.0696. The van der Waals surface area contributed by atoms with Crippen LogP contribution in [0.4, 0.5) is 0 Å². The van der Waals surface area contributed by atoms with Gasteiger partial charge in [0.1, 0.15) is 6.61 Å². The summed E-state index contributed by atoms with van der Waals surface area (Å²) in [5, 5.41) is 9.28. The van der Waals surface area contributed by atoms with Gasteiger partial charge < -0.3 is 14.6 Å². The van der Waals surface area contributed by atoms with E-state index in [0.29, 0.717) is 24.7 Å². The number of aromatic carboxylic acids is 1. The molecule has 0 aliphatic rings. The molecule has 2 aromatic rings. The zero-order chi connectivity index (χ0) is 16.1. The highest BCUT2D eigenvalue weighted by Crippen LogP contribution is 2.37. The first-order valence-electron chi connectivity index (χ1n) is 6.58. The first kappa shape index (κ1) is 16.6. The third kappa shape index (κ3) is 4.15. The average molecular weight is 386 g/mol. The van der Waals surface area contributed by atoms with Crippen molar-refractivity contribution in [2.45, 2.75) is 13.5 Å². The summed E-state index contributed by atoms with van der Waals surface area (Å²) >= 11 is 9.50. The number of hydrogen-bond acceptors (Lipinski definition) is 3. The summed E-state index contributed by atoms with van der Waals surface area (Å²) in [6.45, 7) is 2.49. The van der Waals surface area contributed by atoms with E-state index < -0.39 is 5.97 Å². The van der Waals surface area contributed by atoms with E-state index in [0.717, 1.165) is 10.0 Å². The van der Waals surface area contributed by atoms with Crippen LogP contribution >= 0.6 is 27.5 Å². The second-order valence-corrected chi connectivity index (χ2v) is 5.76. The number of rotatable bonds is 6. The predicted octanol–water partition coefficient (Wildman–Crippen LogP) is 4.78. The lowest BCUT2D eigenvalue weighted by Crippen LogP contribution is -2.03. The number of carbonyl (C=O) groups is 1. The minimum Gasteiger partial charge on any atom is -0.490 e. The highest BCUT2D eigenvalue weighted by Gasteiger charge is 2.16. The molecule has 0 bridgehead atoms. The van der Waals surface area contributed by atoms with Crippen LogP contribution in [0.5, 0.6) is 11.5 Å². The maximum atomic E-state index is 11.1. The molecule has 0 spiro atoms. The molecule has 0 aliphatic heterocycles. The van der Waals surface area contributed by atoms with Crippen LogP contribution in [0.2, 0.25) is 5.02 Å². The number of carboxylic acids is 1. The largest absolute Gasteiger partial charge is 0.490 e. The molecule has 0 radical (unpaired) electrons. The van der Waals surface area contributed by atoms with Gasteiger partial charge in [-0.25, -0.2) is 4.79 Å². The summed E-state index contributed by atoms with van der Waals surface area (Å²) < 4.78 is 12.1. The molecule has 0 aliphatic carbocycles. The van der Waals surface area contributed by atoms with Crippen molar-refractivity contribution < 1.29 is 19.4 Å². The van der Waals surface area contributed by atoms with E-state index in [4.69, 9.17) is 26.2 Å². The number of halogens is 2. The maximum absolute atomic E-state index is 11.1. The molecule has 116 valence electrons. The fourth-order valence-corrected chi connectivity index (χ4v) is 2.36. The van der Waals surface area contributed by atoms with E-state index in [9.17, 15) is 4.79 Å². The lowest BCUT2D eigenvalue weighted by Gasteiger charge is -2.14. The summed E-state index contributed by atoms with van der Waals surface area (Å²) in [5.74, 6) is -0.400. The van der Waals surface area contributed by atoms with Gasteiger partial charge in [0.2, 0.25) is 0 Å². The van der Waals surface area contributed by atoms with Crippen LogP contribution in [-0.2, 0) is 6.61 Å². The number of ether oxygens (including phenoxy) is 2. The Bertz CT molecular complexity index is 671. The molecule has 0 saturated carbocycles. The summed E-state index contributed by atoms with van der Waals surface area (Å²) in [7, 11) is 0. The standard InChI is InChI=1S/C16H14BrClO4/c1-2-21-14-8-11(16(19)20)7-13(18)15(14)22-9-10-3-5-12(17)6-4-10/h3-8H,2,9H2,1H3,(H,19,20). The Balaban J connectivity index is 2.25. The molecule has 2 rings (SSSR count). The summed E-state index contributed by atoms with van der Waals surface area (Å²) in [6, 6.07) is 10.4. The smallest absolute Gasteiger partial charge is 0.335 e. The molecule has 2 aromatic carbocycles. The van der Waals surface area contributed by atoms with Gasteiger partial charge in [0, 0.05) is 4.47 Å². The topological polar surface area (TPSA) is 55.8 Å². The molecule has 6 heteroatoms. The van der Waals surface area contributed by atoms with Gasteiger partial charge in [0.05, 0.1) is 17.2 Å². The molecule has 0 saturated heterocycles. The van der Waals surface area contributed by atoms with E-state index in [-0.39, 0.29) is 10.6 Å². The molecule has 0 unspecified atom stereocenters. The van der Waals surface area contributed by atoms with E-state index in [1.807, 2.05) is 24.3 Å². The second kappa shape index (κ2) is 7.51. The zero-order valence-corrected chi connectivity index (χ0v) is 14.1. The average Bonchev–Trinajstić information content (AvgIpc) is 2.48. The van der Waals surface area contributed by atoms with E-state index in [2.05, 4.69) is 15.9 Å². The van der Waals surface area contributed by atoms with Crippen LogP contribution in [0, 0.1) is 0 Å². The van der Waals surface area contributed by atoms with Crippen molar-refractivity contribution >= 4 is 33.5 Å². The summed E-state index contributed by atoms with van der Waals surface area (Å²) in [4.78, 5) is 11.1. The Morgan fingerprint density at radius 2 is 1.91 bits per heavy atom. The van der Waals surface area contributed by atoms with Crippen molar-refractivity contribution in [3.8, 4) is 11.5 Å². The maximum Gasteiger partial charge on any atom is 0.335 e. The van der Waals surface area contributed by atoms with Crippen LogP contribution in [-0.4, -0.2) is 17.7 Å². The predicted molar refractivity (Wildman–Crippen MR) is 88.1 cm³/mol. The van der Waals surface area contributed by atoms with Crippen molar-refractivity contribution in [1.29, 1.82) is 0 Å². The minimum atomic E-state index is -1.07. The molecule has 1 N–H and O–H groups in total. The Labute approximate surface area is 141 Å². The minimum absolute atomic E-state index is 0.0597. The van der Waals surface area contributed by atoms with Crippen molar-refractivity contribution in [2.75, 3.05) is 6.61 Å². The zero-order valence-electron chi connectivity index (χ0n) is 11.8. The van der Waals surface area contributed by atoms with E-state index in [1.165, 1.54) is 12.1 Å². The highest BCUT2D eigenvalue weighted by atomic mass is 79.9. The fourth-order valence-electron chi connectivity index (χ4n) is 1.83. The first-order chi connectivity index (χ1) is 10.5. The van der Waals surface area contributed by atoms with E-state index in [1.54, 1.807) is 6.92 Å². The van der Waals surface area contributed by atoms with Gasteiger partial charge in [-0.15, -0.1) is 0 Å². The Kier molecular flexibility index (Phi) is 5.69. The second-order valence-electron chi connectivity index (χ2n) is 4.44. The quantitative estimate of drug-likeness (QED) is 0.777. The first-order valence-corrected chi connectivity index (χ1v) is 7.75. The van der Waals surface area contributed by atoms with Crippen LogP contribution in [0.3, 0.4) is 0 Å². The summed E-state index contributed by atoms with van der Waals surface area (Å²) in [5.41, 5.74) is 1.02. The molecule has 0 atom stereocenters. The lowest BCUT2D eigenvalue weighted by atomic mass is 10.2. The monoisotopic (exact) mass is 384 g/mol. The molecule has 4 nitrogen and oxygen atoms in total. The molecule has 0 heterocycles. The third-order valence-electron chi connectivity index (χ3n) is 2.85. The van der Waals surface area contributed by atoms with Crippen LogP contribution in [0.15, 0.2) is 40.9 Å². The molecule has 0 aromatic heterocycles. The van der Waals surface area contributed by atoms with Gasteiger partial charge in [-0.3, -0.25) is 0 Å². The Hall–Kier alpha value is -1.72. The fraction of sp³-hybridized carbons (Fsp3) is 0.188. The van der Waals surface area contributed by atoms with Crippen molar-refractivity contribution in [3.05, 3.63) is 57.0 Å². The van der Waals surface area contributed by atoms with Gasteiger partial charge in [-0.1, -0.05) is 39.7 Å². The van der Waals surface area contributed by atoms with Crippen molar-refractivity contribution in [3.63, 3.8) is 0 Å². The summed E-state index contributed by atoms with van der Waals surface area (Å²) in [6.07, 6.45) is 0. The van der Waals surface area contributed by atoms with Crippen LogP contribution < -0.4 is 9.47 Å². The van der Waals surface area contributed by atoms with Gasteiger partial charge >= 0.3 is 5.97 Å². The van der Waals surface area contributed by atoms with Crippen molar-refractivity contribution in [1.82, 2.24) is 0 Å². The van der Waals surface area contributed by atoms with Crippen LogP contribution in [0.1, 0.15) is 22.8 Å². The van der Waals surface area contributed by atoms with E-state index >= 15 is 0 Å². The van der Waals surface area contributed by atoms with Gasteiger partial charge in [-0.05, 0) is 36.8 Å². The number of benzene rings is 2. The molecule has 22 heavy (non-hydrogen) atoms. The van der Waals surface area contributed by atoms with Gasteiger partial charge in [-0.2, -0.15) is 0 Å². The van der Waals surface area contributed by atoms with Gasteiger partial charge in [0.25, 0.3) is 0 Å². The number of carboxylic acid groups (broad SMARTS) is 1. The number of hydrogen-bond donors (Lipinski definition) is 1. The molecule has 0 fully saturated rings. The Morgan fingerprint density at radius 3 is 2.50 bits per heavy atom. The van der Waals surface area contributed by atoms with Crippen molar-refractivity contribution in [2.24, 2.45) is 0 Å². The SMILES string of the molecule is CCOc1cc(C(=O)O)cc(Cl)c1OCc1ccc(Br)cc1. The molecular weight excluding hydrogens is 372 g/mol. The normalized spacial score (nSPS) is 10.3. The van der Waals surface area contributed by atoms with Gasteiger partial charge in [0.15, 0.2) is 11.5 Å². The third-order valence-corrected chi connectivity index (χ3v) is 3.66. The highest BCUT2D eigenvalue weighted by molar-refractivity contribution is 9.10. The Morgan fingerprint density at radius 1 is 1.23 bits per heavy atom. The molecular formula is C16H14BrClO4. The molecule has 0 amide bonds.